The molecule has 1 aliphatic rings. The molecular weight excluding hydrogens is 386 g/mol. The van der Waals surface area contributed by atoms with Crippen molar-refractivity contribution in [3.8, 4) is 5.75 Å². The van der Waals surface area contributed by atoms with Crippen LogP contribution in [0.2, 0.25) is 5.02 Å². The second kappa shape index (κ2) is 8.43. The Morgan fingerprint density at radius 1 is 1.36 bits per heavy atom. The number of hydrogen-bond acceptors (Lipinski definition) is 3. The van der Waals surface area contributed by atoms with Gasteiger partial charge in [0.15, 0.2) is 0 Å². The van der Waals surface area contributed by atoms with E-state index >= 15 is 0 Å². The van der Waals surface area contributed by atoms with E-state index in [9.17, 15) is 13.6 Å². The van der Waals surface area contributed by atoms with Crippen LogP contribution < -0.4 is 10.1 Å². The molecule has 1 unspecified atom stereocenters. The van der Waals surface area contributed by atoms with Gasteiger partial charge < -0.3 is 10.1 Å². The molecule has 3 rings (SSSR count). The number of amides is 1. The summed E-state index contributed by atoms with van der Waals surface area (Å²) in [6.07, 6.45) is 4.69. The summed E-state index contributed by atoms with van der Waals surface area (Å²) in [7, 11) is 1.49. The number of ether oxygens (including phenoxy) is 1. The molecule has 1 aliphatic carbocycles. The molecule has 0 radical (unpaired) electrons. The van der Waals surface area contributed by atoms with Crippen molar-refractivity contribution >= 4 is 17.5 Å². The molecule has 1 fully saturated rings. The van der Waals surface area contributed by atoms with Crippen LogP contribution >= 0.6 is 11.6 Å². The number of rotatable bonds is 8. The number of nitrogens with zero attached hydrogens (tertiary/aromatic N) is 1. The first kappa shape index (κ1) is 20.5. The van der Waals surface area contributed by atoms with Crippen molar-refractivity contribution in [2.45, 2.75) is 38.0 Å². The molecule has 150 valence electrons. The highest BCUT2D eigenvalue weighted by Gasteiger charge is 2.29. The fourth-order valence-corrected chi connectivity index (χ4v) is 3.44. The van der Waals surface area contributed by atoms with Crippen LogP contribution in [0, 0.1) is 5.92 Å². The SMILES string of the molecule is COc1cccc(C(=O)NCC(CC2CC2)c2ccc(C(C)(F)F)nc2)c1Cl. The molecule has 2 aromatic rings. The Morgan fingerprint density at radius 2 is 2.11 bits per heavy atom. The smallest absolute Gasteiger partial charge is 0.286 e. The third kappa shape index (κ3) is 4.98. The maximum atomic E-state index is 13.4. The summed E-state index contributed by atoms with van der Waals surface area (Å²) in [6, 6.07) is 8.06. The maximum Gasteiger partial charge on any atom is 0.286 e. The van der Waals surface area contributed by atoms with E-state index in [1.807, 2.05) is 0 Å². The van der Waals surface area contributed by atoms with Gasteiger partial charge in [-0.1, -0.05) is 36.6 Å². The van der Waals surface area contributed by atoms with Crippen molar-refractivity contribution < 1.29 is 18.3 Å². The molecule has 0 aliphatic heterocycles. The van der Waals surface area contributed by atoms with Crippen molar-refractivity contribution in [3.05, 3.63) is 58.4 Å². The zero-order valence-corrected chi connectivity index (χ0v) is 16.6. The Morgan fingerprint density at radius 3 is 2.68 bits per heavy atom. The Labute approximate surface area is 168 Å². The van der Waals surface area contributed by atoms with Gasteiger partial charge in [-0.25, -0.2) is 0 Å². The Kier molecular flexibility index (Phi) is 6.18. The van der Waals surface area contributed by atoms with Gasteiger partial charge in [0.1, 0.15) is 11.4 Å². The maximum absolute atomic E-state index is 13.4. The van der Waals surface area contributed by atoms with Crippen LogP contribution in [-0.2, 0) is 5.92 Å². The third-order valence-electron chi connectivity index (χ3n) is 4.96. The first-order valence-electron chi connectivity index (χ1n) is 9.24. The van der Waals surface area contributed by atoms with Crippen LogP contribution in [0.3, 0.4) is 0 Å². The van der Waals surface area contributed by atoms with Crippen molar-refractivity contribution in [3.63, 3.8) is 0 Å². The van der Waals surface area contributed by atoms with Crippen molar-refractivity contribution in [1.29, 1.82) is 0 Å². The summed E-state index contributed by atoms with van der Waals surface area (Å²) in [6.45, 7) is 1.21. The second-order valence-electron chi connectivity index (χ2n) is 7.27. The summed E-state index contributed by atoms with van der Waals surface area (Å²) >= 11 is 6.22. The standard InChI is InChI=1S/C21H23ClF2N2O2/c1-21(23,24)18-9-8-14(11-25-18)15(10-13-6-7-13)12-26-20(27)16-4-3-5-17(28-2)19(16)22/h3-5,8-9,11,13,15H,6-7,10,12H2,1-2H3,(H,26,27). The van der Waals surface area contributed by atoms with Crippen molar-refractivity contribution in [2.75, 3.05) is 13.7 Å². The van der Waals surface area contributed by atoms with E-state index in [1.165, 1.54) is 19.4 Å². The molecule has 0 bridgehead atoms. The van der Waals surface area contributed by atoms with E-state index < -0.39 is 5.92 Å². The van der Waals surface area contributed by atoms with Gasteiger partial charge in [0.25, 0.3) is 11.8 Å². The predicted molar refractivity (Wildman–Crippen MR) is 104 cm³/mol. The van der Waals surface area contributed by atoms with E-state index in [1.54, 1.807) is 24.3 Å². The molecule has 1 atom stereocenters. The van der Waals surface area contributed by atoms with Gasteiger partial charge in [0.05, 0.1) is 17.7 Å². The Hall–Kier alpha value is -2.21. The van der Waals surface area contributed by atoms with Crippen LogP contribution in [0.15, 0.2) is 36.5 Å². The van der Waals surface area contributed by atoms with Gasteiger partial charge in [0, 0.05) is 25.6 Å². The van der Waals surface area contributed by atoms with Gasteiger partial charge in [-0.2, -0.15) is 8.78 Å². The molecule has 1 aromatic carbocycles. The average molecular weight is 409 g/mol. The van der Waals surface area contributed by atoms with E-state index in [4.69, 9.17) is 16.3 Å². The van der Waals surface area contributed by atoms with Gasteiger partial charge in [-0.15, -0.1) is 0 Å². The molecule has 1 amide bonds. The van der Waals surface area contributed by atoms with Crippen LogP contribution in [0.5, 0.6) is 5.75 Å². The zero-order chi connectivity index (χ0) is 20.3. The molecular formula is C21H23ClF2N2O2. The van der Waals surface area contributed by atoms with Gasteiger partial charge >= 0.3 is 0 Å². The minimum absolute atomic E-state index is 0.00728. The fraction of sp³-hybridized carbons (Fsp3) is 0.429. The number of carbonyl (C=O) groups is 1. The molecule has 0 spiro atoms. The number of carbonyl (C=O) groups excluding carboxylic acids is 1. The van der Waals surface area contributed by atoms with Crippen molar-refractivity contribution in [2.24, 2.45) is 5.92 Å². The zero-order valence-electron chi connectivity index (χ0n) is 15.8. The quantitative estimate of drug-likeness (QED) is 0.655. The predicted octanol–water partition coefficient (Wildman–Crippen LogP) is 5.17. The normalized spacial score (nSPS) is 15.2. The topological polar surface area (TPSA) is 51.2 Å². The highest BCUT2D eigenvalue weighted by molar-refractivity contribution is 6.35. The lowest BCUT2D eigenvalue weighted by Crippen LogP contribution is -2.29. The first-order valence-corrected chi connectivity index (χ1v) is 9.62. The largest absolute Gasteiger partial charge is 0.495 e. The summed E-state index contributed by atoms with van der Waals surface area (Å²) in [4.78, 5) is 16.5. The lowest BCUT2D eigenvalue weighted by molar-refractivity contribution is 0.0127. The van der Waals surface area contributed by atoms with Crippen molar-refractivity contribution in [1.82, 2.24) is 10.3 Å². The number of halogens is 3. The highest BCUT2D eigenvalue weighted by Crippen LogP contribution is 2.38. The summed E-state index contributed by atoms with van der Waals surface area (Å²) in [5, 5.41) is 3.17. The van der Waals surface area contributed by atoms with E-state index in [-0.39, 0.29) is 22.5 Å². The highest BCUT2D eigenvalue weighted by atomic mass is 35.5. The number of hydrogen-bond donors (Lipinski definition) is 1. The summed E-state index contributed by atoms with van der Waals surface area (Å²) in [5.41, 5.74) is 0.927. The Balaban J connectivity index is 1.72. The molecule has 7 heteroatoms. The van der Waals surface area contributed by atoms with Crippen LogP contribution in [0.1, 0.15) is 53.7 Å². The molecule has 1 saturated carbocycles. The Bertz CT molecular complexity index is 833. The number of methoxy groups -OCH3 is 1. The summed E-state index contributed by atoms with van der Waals surface area (Å²) < 4.78 is 32.0. The van der Waals surface area contributed by atoms with Crippen LogP contribution in [0.25, 0.3) is 0 Å². The molecule has 4 nitrogen and oxygen atoms in total. The second-order valence-corrected chi connectivity index (χ2v) is 7.65. The number of nitrogens with one attached hydrogen (secondary N) is 1. The van der Waals surface area contributed by atoms with Crippen LogP contribution in [-0.4, -0.2) is 24.5 Å². The molecule has 1 aromatic heterocycles. The lowest BCUT2D eigenvalue weighted by Gasteiger charge is -2.19. The minimum Gasteiger partial charge on any atom is -0.495 e. The number of pyridine rings is 1. The molecule has 28 heavy (non-hydrogen) atoms. The van der Waals surface area contributed by atoms with Crippen LogP contribution in [0.4, 0.5) is 8.78 Å². The molecule has 1 N–H and O–H groups in total. The van der Waals surface area contributed by atoms with E-state index in [2.05, 4.69) is 10.3 Å². The van der Waals surface area contributed by atoms with Gasteiger partial charge in [0.2, 0.25) is 0 Å². The molecule has 1 heterocycles. The average Bonchev–Trinajstić information content (AvgIpc) is 3.48. The molecule has 0 saturated heterocycles. The number of aromatic nitrogens is 1. The number of alkyl halides is 2. The first-order chi connectivity index (χ1) is 13.3. The third-order valence-corrected chi connectivity index (χ3v) is 5.35. The van der Waals surface area contributed by atoms with E-state index in [0.717, 1.165) is 31.7 Å². The van der Waals surface area contributed by atoms with Gasteiger partial charge in [-0.3, -0.25) is 9.78 Å². The summed E-state index contributed by atoms with van der Waals surface area (Å²) in [5.74, 6) is -2.22. The fourth-order valence-electron chi connectivity index (χ4n) is 3.15. The monoisotopic (exact) mass is 408 g/mol. The lowest BCUT2D eigenvalue weighted by atomic mass is 9.94. The van der Waals surface area contributed by atoms with E-state index in [0.29, 0.717) is 23.8 Å². The minimum atomic E-state index is -2.97. The van der Waals surface area contributed by atoms with Gasteiger partial charge in [-0.05, 0) is 36.1 Å². The number of benzene rings is 1.